The Balaban J connectivity index is 2.70. The van der Waals surface area contributed by atoms with Crippen LogP contribution in [0.1, 0.15) is 53.4 Å². The normalized spacial score (nSPS) is 17.3. The van der Waals surface area contributed by atoms with Gasteiger partial charge in [0.15, 0.2) is 5.78 Å². The zero-order chi connectivity index (χ0) is 15.3. The van der Waals surface area contributed by atoms with Crippen LogP contribution in [0.15, 0.2) is 23.3 Å². The molecule has 0 atom stereocenters. The van der Waals surface area contributed by atoms with Crippen molar-refractivity contribution in [2.24, 2.45) is 5.41 Å². The highest BCUT2D eigenvalue weighted by Crippen LogP contribution is 2.29. The molecule has 1 aliphatic carbocycles. The van der Waals surface area contributed by atoms with E-state index < -0.39 is 17.4 Å². The van der Waals surface area contributed by atoms with Crippen molar-refractivity contribution in [3.63, 3.8) is 0 Å². The Kier molecular flexibility index (Phi) is 5.43. The minimum Gasteiger partial charge on any atom is -0.389 e. The molecule has 0 spiro atoms. The van der Waals surface area contributed by atoms with Crippen molar-refractivity contribution in [3.8, 4) is 0 Å². The Hall–Kier alpha value is -1.71. The SMILES string of the molecule is CCCCCC(=O)OC(=O)C1=CC(C)(C)C=C(C)C1=O. The predicted octanol–water partition coefficient (Wildman–Crippen LogP) is 3.12. The second-order valence-corrected chi connectivity index (χ2v) is 5.75. The zero-order valence-corrected chi connectivity index (χ0v) is 12.6. The van der Waals surface area contributed by atoms with Gasteiger partial charge in [-0.1, -0.05) is 45.8 Å². The maximum absolute atomic E-state index is 11.9. The van der Waals surface area contributed by atoms with Gasteiger partial charge in [-0.2, -0.15) is 0 Å². The van der Waals surface area contributed by atoms with E-state index in [1.54, 1.807) is 19.1 Å². The third kappa shape index (κ3) is 4.44. The summed E-state index contributed by atoms with van der Waals surface area (Å²) in [6, 6.07) is 0. The van der Waals surface area contributed by atoms with Gasteiger partial charge in [-0.3, -0.25) is 9.59 Å². The summed E-state index contributed by atoms with van der Waals surface area (Å²) in [4.78, 5) is 35.4. The molecule has 0 amide bonds. The lowest BCUT2D eigenvalue weighted by Gasteiger charge is -2.22. The highest BCUT2D eigenvalue weighted by atomic mass is 16.6. The van der Waals surface area contributed by atoms with Crippen LogP contribution in [0.2, 0.25) is 0 Å². The molecule has 4 heteroatoms. The first-order chi connectivity index (χ1) is 9.26. The second-order valence-electron chi connectivity index (χ2n) is 5.75. The minimum absolute atomic E-state index is 0.0427. The van der Waals surface area contributed by atoms with Crippen LogP contribution in [0.4, 0.5) is 0 Å². The number of carbonyl (C=O) groups excluding carboxylic acids is 3. The average molecular weight is 278 g/mol. The molecule has 0 saturated heterocycles. The summed E-state index contributed by atoms with van der Waals surface area (Å²) in [6.45, 7) is 7.46. The molecule has 0 aromatic carbocycles. The van der Waals surface area contributed by atoms with Crippen LogP contribution >= 0.6 is 0 Å². The van der Waals surface area contributed by atoms with Crippen molar-refractivity contribution in [3.05, 3.63) is 23.3 Å². The molecule has 20 heavy (non-hydrogen) atoms. The van der Waals surface area contributed by atoms with E-state index in [9.17, 15) is 14.4 Å². The molecule has 0 aromatic rings. The number of allylic oxidation sites excluding steroid dienone is 3. The lowest BCUT2D eigenvalue weighted by Crippen LogP contribution is -2.25. The first-order valence-corrected chi connectivity index (χ1v) is 6.99. The molecular weight excluding hydrogens is 256 g/mol. The Labute approximate surface area is 119 Å². The molecule has 0 aromatic heterocycles. The molecule has 4 nitrogen and oxygen atoms in total. The van der Waals surface area contributed by atoms with E-state index in [1.807, 2.05) is 20.8 Å². The maximum atomic E-state index is 11.9. The molecule has 110 valence electrons. The number of Topliss-reactive ketones (excluding diaryl/α,β-unsaturated/α-hetero) is 1. The van der Waals surface area contributed by atoms with Crippen molar-refractivity contribution >= 4 is 17.7 Å². The Morgan fingerprint density at radius 3 is 2.45 bits per heavy atom. The van der Waals surface area contributed by atoms with Crippen molar-refractivity contribution in [2.45, 2.75) is 53.4 Å². The number of ketones is 1. The highest BCUT2D eigenvalue weighted by molar-refractivity contribution is 6.25. The van der Waals surface area contributed by atoms with E-state index in [-0.39, 0.29) is 17.8 Å². The monoisotopic (exact) mass is 278 g/mol. The number of esters is 2. The Morgan fingerprint density at radius 1 is 1.20 bits per heavy atom. The third-order valence-corrected chi connectivity index (χ3v) is 3.12. The molecule has 1 rings (SSSR count). The molecular formula is C16H22O4. The van der Waals surface area contributed by atoms with Crippen LogP contribution in [0.5, 0.6) is 0 Å². The molecule has 0 aliphatic heterocycles. The van der Waals surface area contributed by atoms with E-state index in [4.69, 9.17) is 4.74 Å². The molecule has 1 aliphatic rings. The van der Waals surface area contributed by atoms with E-state index >= 15 is 0 Å². The Bertz CT molecular complexity index is 481. The molecule has 0 heterocycles. The topological polar surface area (TPSA) is 60.4 Å². The van der Waals surface area contributed by atoms with Crippen molar-refractivity contribution in [2.75, 3.05) is 0 Å². The van der Waals surface area contributed by atoms with Gasteiger partial charge in [0, 0.05) is 11.8 Å². The summed E-state index contributed by atoms with van der Waals surface area (Å²) in [7, 11) is 0. The number of hydrogen-bond acceptors (Lipinski definition) is 4. The summed E-state index contributed by atoms with van der Waals surface area (Å²) in [5, 5.41) is 0. The molecule has 0 bridgehead atoms. The lowest BCUT2D eigenvalue weighted by molar-refractivity contribution is -0.157. The van der Waals surface area contributed by atoms with Gasteiger partial charge in [-0.15, -0.1) is 0 Å². The van der Waals surface area contributed by atoms with Crippen LogP contribution in [-0.2, 0) is 19.1 Å². The van der Waals surface area contributed by atoms with Gasteiger partial charge in [0.1, 0.15) is 5.57 Å². The van der Waals surface area contributed by atoms with Crippen LogP contribution in [0, 0.1) is 5.41 Å². The van der Waals surface area contributed by atoms with Gasteiger partial charge < -0.3 is 4.74 Å². The van der Waals surface area contributed by atoms with Gasteiger partial charge in [-0.25, -0.2) is 4.79 Å². The summed E-state index contributed by atoms with van der Waals surface area (Å²) in [5.41, 5.74) is 0.0687. The summed E-state index contributed by atoms with van der Waals surface area (Å²) in [5.74, 6) is -1.77. The van der Waals surface area contributed by atoms with E-state index in [0.29, 0.717) is 12.0 Å². The van der Waals surface area contributed by atoms with Crippen LogP contribution in [0.25, 0.3) is 0 Å². The number of ether oxygens (including phenoxy) is 1. The van der Waals surface area contributed by atoms with Gasteiger partial charge >= 0.3 is 11.9 Å². The molecule has 0 N–H and O–H groups in total. The molecule has 0 radical (unpaired) electrons. The number of carbonyl (C=O) groups is 3. The van der Waals surface area contributed by atoms with E-state index in [1.165, 1.54) is 0 Å². The van der Waals surface area contributed by atoms with Crippen LogP contribution in [-0.4, -0.2) is 17.7 Å². The summed E-state index contributed by atoms with van der Waals surface area (Å²) >= 11 is 0. The predicted molar refractivity (Wildman–Crippen MR) is 75.9 cm³/mol. The molecule has 0 fully saturated rings. The van der Waals surface area contributed by atoms with Crippen molar-refractivity contribution < 1.29 is 19.1 Å². The summed E-state index contributed by atoms with van der Waals surface area (Å²) < 4.78 is 4.75. The maximum Gasteiger partial charge on any atom is 0.349 e. The van der Waals surface area contributed by atoms with Gasteiger partial charge in [0.2, 0.25) is 0 Å². The van der Waals surface area contributed by atoms with Gasteiger partial charge in [0.05, 0.1) is 0 Å². The lowest BCUT2D eigenvalue weighted by atomic mass is 9.81. The standard InChI is InChI=1S/C16H22O4/c1-5-6-7-8-13(17)20-15(19)12-10-16(3,4)9-11(2)14(12)18/h9-10H,5-8H2,1-4H3. The van der Waals surface area contributed by atoms with Crippen LogP contribution in [0.3, 0.4) is 0 Å². The Morgan fingerprint density at radius 2 is 1.85 bits per heavy atom. The highest BCUT2D eigenvalue weighted by Gasteiger charge is 2.30. The largest absolute Gasteiger partial charge is 0.389 e. The number of rotatable bonds is 5. The van der Waals surface area contributed by atoms with E-state index in [0.717, 1.165) is 12.8 Å². The first kappa shape index (κ1) is 16.3. The fourth-order valence-electron chi connectivity index (χ4n) is 2.20. The van der Waals surface area contributed by atoms with Gasteiger partial charge in [0.25, 0.3) is 0 Å². The quantitative estimate of drug-likeness (QED) is 0.335. The van der Waals surface area contributed by atoms with Crippen LogP contribution < -0.4 is 0 Å². The summed E-state index contributed by atoms with van der Waals surface area (Å²) in [6.07, 6.45) is 6.17. The molecule has 0 unspecified atom stereocenters. The smallest absolute Gasteiger partial charge is 0.349 e. The zero-order valence-electron chi connectivity index (χ0n) is 12.6. The second kappa shape index (κ2) is 6.64. The van der Waals surface area contributed by atoms with Crippen molar-refractivity contribution in [1.82, 2.24) is 0 Å². The fraction of sp³-hybridized carbons (Fsp3) is 0.562. The number of hydrogen-bond donors (Lipinski definition) is 0. The minimum atomic E-state index is -0.836. The first-order valence-electron chi connectivity index (χ1n) is 6.99. The van der Waals surface area contributed by atoms with E-state index in [2.05, 4.69) is 0 Å². The van der Waals surface area contributed by atoms with Gasteiger partial charge in [-0.05, 0) is 18.9 Å². The fourth-order valence-corrected chi connectivity index (χ4v) is 2.20. The molecule has 0 saturated carbocycles. The number of unbranched alkanes of at least 4 members (excludes halogenated alkanes) is 2. The van der Waals surface area contributed by atoms with Crippen molar-refractivity contribution in [1.29, 1.82) is 0 Å². The average Bonchev–Trinajstić information content (AvgIpc) is 2.33. The third-order valence-electron chi connectivity index (χ3n) is 3.12.